The molecule has 2 nitrogen and oxygen atoms in total. The van der Waals surface area contributed by atoms with Gasteiger partial charge in [-0.2, -0.15) is 0 Å². The first-order chi connectivity index (χ1) is 4.13. The third-order valence-electron chi connectivity index (χ3n) is 2.25. The van der Waals surface area contributed by atoms with Gasteiger partial charge in [-0.15, -0.1) is 17.0 Å². The molecule has 1 aliphatic carbocycles. The molecule has 0 radical (unpaired) electrons. The third kappa shape index (κ3) is 2.22. The van der Waals surface area contributed by atoms with Crippen LogP contribution in [0.5, 0.6) is 0 Å². The van der Waals surface area contributed by atoms with E-state index >= 15 is 0 Å². The Morgan fingerprint density at radius 1 is 1.50 bits per heavy atom. The predicted octanol–water partition coefficient (Wildman–Crippen LogP) is 1.22. The van der Waals surface area contributed by atoms with E-state index in [0.29, 0.717) is 0 Å². The molecule has 0 aromatic carbocycles. The summed E-state index contributed by atoms with van der Waals surface area (Å²) < 4.78 is 0. The Kier molecular flexibility index (Phi) is 3.84. The fourth-order valence-corrected chi connectivity index (χ4v) is 1.34. The molecule has 0 aliphatic heterocycles. The Balaban J connectivity index is 0.000000810. The third-order valence-corrected chi connectivity index (χ3v) is 2.25. The smallest absolute Gasteiger partial charge is 0.0769 e. The molecule has 3 N–H and O–H groups in total. The lowest BCUT2D eigenvalue weighted by Crippen LogP contribution is -2.47. The van der Waals surface area contributed by atoms with Gasteiger partial charge >= 0.3 is 0 Å². The molecule has 0 spiro atoms. The summed E-state index contributed by atoms with van der Waals surface area (Å²) >= 11 is 0. The molecule has 0 unspecified atom stereocenters. The Bertz CT molecular complexity index is 106. The van der Waals surface area contributed by atoms with Crippen molar-refractivity contribution in [1.29, 1.82) is 0 Å². The highest BCUT2D eigenvalue weighted by atomic mass is 79.9. The number of halogens is 1. The van der Waals surface area contributed by atoms with Gasteiger partial charge in [0.15, 0.2) is 0 Å². The van der Waals surface area contributed by atoms with Gasteiger partial charge in [-0.25, -0.2) is 0 Å². The molecule has 1 fully saturated rings. The van der Waals surface area contributed by atoms with Crippen LogP contribution in [0.4, 0.5) is 0 Å². The lowest BCUT2D eigenvalue weighted by Gasteiger charge is -2.34. The van der Waals surface area contributed by atoms with Crippen molar-refractivity contribution in [2.24, 2.45) is 5.73 Å². The van der Waals surface area contributed by atoms with E-state index in [1.807, 2.05) is 6.92 Å². The SMILES string of the molecule is Br.C[C@]1(O)CCCC[C@@H]1N. The Morgan fingerprint density at radius 2 is 2.10 bits per heavy atom. The summed E-state index contributed by atoms with van der Waals surface area (Å²) in [5.41, 5.74) is 5.08. The minimum Gasteiger partial charge on any atom is -0.389 e. The minimum absolute atomic E-state index is 0. The minimum atomic E-state index is -0.585. The van der Waals surface area contributed by atoms with Gasteiger partial charge in [-0.05, 0) is 19.8 Å². The summed E-state index contributed by atoms with van der Waals surface area (Å²) in [5.74, 6) is 0. The topological polar surface area (TPSA) is 46.2 Å². The van der Waals surface area contributed by atoms with E-state index in [-0.39, 0.29) is 23.0 Å². The van der Waals surface area contributed by atoms with Gasteiger partial charge in [0.1, 0.15) is 0 Å². The van der Waals surface area contributed by atoms with E-state index in [1.165, 1.54) is 6.42 Å². The summed E-state index contributed by atoms with van der Waals surface area (Å²) in [6, 6.07) is 0.00579. The van der Waals surface area contributed by atoms with Crippen LogP contribution in [0.15, 0.2) is 0 Å². The van der Waals surface area contributed by atoms with Crippen molar-refractivity contribution in [2.75, 3.05) is 0 Å². The lowest BCUT2D eigenvalue weighted by molar-refractivity contribution is 0.00358. The van der Waals surface area contributed by atoms with Gasteiger partial charge in [0.05, 0.1) is 5.60 Å². The molecule has 1 saturated carbocycles. The maximum absolute atomic E-state index is 9.52. The first-order valence-corrected chi connectivity index (χ1v) is 3.61. The van der Waals surface area contributed by atoms with Crippen molar-refractivity contribution in [3.63, 3.8) is 0 Å². The maximum Gasteiger partial charge on any atom is 0.0769 e. The number of rotatable bonds is 0. The first kappa shape index (κ1) is 10.4. The first-order valence-electron chi connectivity index (χ1n) is 3.61. The molecule has 2 atom stereocenters. The number of hydrogen-bond donors (Lipinski definition) is 2. The number of hydrogen-bond acceptors (Lipinski definition) is 2. The average molecular weight is 210 g/mol. The van der Waals surface area contributed by atoms with Crippen LogP contribution in [0, 0.1) is 0 Å². The molecule has 0 aromatic heterocycles. The van der Waals surface area contributed by atoms with Crippen LogP contribution in [0.2, 0.25) is 0 Å². The van der Waals surface area contributed by atoms with E-state index < -0.39 is 5.60 Å². The molecular weight excluding hydrogens is 194 g/mol. The summed E-state index contributed by atoms with van der Waals surface area (Å²) in [6.45, 7) is 1.83. The largest absolute Gasteiger partial charge is 0.389 e. The summed E-state index contributed by atoms with van der Waals surface area (Å²) in [4.78, 5) is 0. The van der Waals surface area contributed by atoms with Crippen LogP contribution in [-0.4, -0.2) is 16.7 Å². The molecule has 1 rings (SSSR count). The standard InChI is InChI=1S/C7H15NO.BrH/c1-7(9)5-3-2-4-6(7)8;/h6,9H,2-5,8H2,1H3;1H/t6-,7-;/m0./s1. The maximum atomic E-state index is 9.52. The summed E-state index contributed by atoms with van der Waals surface area (Å²) in [6.07, 6.45) is 4.15. The van der Waals surface area contributed by atoms with E-state index in [4.69, 9.17) is 5.73 Å². The Hall–Kier alpha value is 0.400. The highest BCUT2D eigenvalue weighted by Crippen LogP contribution is 2.25. The molecule has 0 saturated heterocycles. The Labute approximate surface area is 72.6 Å². The second-order valence-corrected chi connectivity index (χ2v) is 3.21. The zero-order valence-electron chi connectivity index (χ0n) is 6.34. The Morgan fingerprint density at radius 3 is 2.40 bits per heavy atom. The second-order valence-electron chi connectivity index (χ2n) is 3.21. The zero-order valence-corrected chi connectivity index (χ0v) is 8.05. The fraction of sp³-hybridized carbons (Fsp3) is 1.00. The molecule has 3 heteroatoms. The second kappa shape index (κ2) is 3.69. The molecule has 62 valence electrons. The normalized spacial score (nSPS) is 40.5. The van der Waals surface area contributed by atoms with Gasteiger partial charge < -0.3 is 10.8 Å². The van der Waals surface area contributed by atoms with Crippen molar-refractivity contribution >= 4 is 17.0 Å². The van der Waals surface area contributed by atoms with Crippen molar-refractivity contribution in [2.45, 2.75) is 44.2 Å². The van der Waals surface area contributed by atoms with Crippen LogP contribution < -0.4 is 5.73 Å². The van der Waals surface area contributed by atoms with Crippen molar-refractivity contribution in [3.05, 3.63) is 0 Å². The summed E-state index contributed by atoms with van der Waals surface area (Å²) in [7, 11) is 0. The van der Waals surface area contributed by atoms with E-state index in [9.17, 15) is 5.11 Å². The van der Waals surface area contributed by atoms with E-state index in [2.05, 4.69) is 0 Å². The van der Waals surface area contributed by atoms with Crippen LogP contribution >= 0.6 is 17.0 Å². The van der Waals surface area contributed by atoms with Crippen LogP contribution in [0.1, 0.15) is 32.6 Å². The molecule has 0 heterocycles. The van der Waals surface area contributed by atoms with Gasteiger partial charge in [-0.1, -0.05) is 12.8 Å². The number of nitrogens with two attached hydrogens (primary N) is 1. The van der Waals surface area contributed by atoms with Gasteiger partial charge in [-0.3, -0.25) is 0 Å². The average Bonchev–Trinajstić information content (AvgIpc) is 1.77. The highest BCUT2D eigenvalue weighted by Gasteiger charge is 2.30. The molecule has 1 aliphatic rings. The molecule has 10 heavy (non-hydrogen) atoms. The van der Waals surface area contributed by atoms with E-state index in [1.54, 1.807) is 0 Å². The van der Waals surface area contributed by atoms with E-state index in [0.717, 1.165) is 19.3 Å². The zero-order chi connectivity index (χ0) is 6.91. The molecule has 0 bridgehead atoms. The molecule has 0 amide bonds. The fourth-order valence-electron chi connectivity index (χ4n) is 1.34. The monoisotopic (exact) mass is 209 g/mol. The van der Waals surface area contributed by atoms with Crippen LogP contribution in [0.3, 0.4) is 0 Å². The van der Waals surface area contributed by atoms with Crippen molar-refractivity contribution in [1.82, 2.24) is 0 Å². The van der Waals surface area contributed by atoms with Crippen LogP contribution in [-0.2, 0) is 0 Å². The van der Waals surface area contributed by atoms with Crippen molar-refractivity contribution in [3.8, 4) is 0 Å². The van der Waals surface area contributed by atoms with Crippen molar-refractivity contribution < 1.29 is 5.11 Å². The number of aliphatic hydroxyl groups is 1. The predicted molar refractivity (Wildman–Crippen MR) is 47.4 cm³/mol. The highest BCUT2D eigenvalue weighted by molar-refractivity contribution is 8.93. The lowest BCUT2D eigenvalue weighted by atomic mass is 9.82. The summed E-state index contributed by atoms with van der Waals surface area (Å²) in [5, 5.41) is 9.52. The van der Waals surface area contributed by atoms with Gasteiger partial charge in [0.25, 0.3) is 0 Å². The molecule has 0 aromatic rings. The van der Waals surface area contributed by atoms with Gasteiger partial charge in [0.2, 0.25) is 0 Å². The quantitative estimate of drug-likeness (QED) is 0.631. The van der Waals surface area contributed by atoms with Crippen LogP contribution in [0.25, 0.3) is 0 Å². The van der Waals surface area contributed by atoms with Gasteiger partial charge in [0, 0.05) is 6.04 Å². The molecular formula is C7H16BrNO.